The zero-order valence-corrected chi connectivity index (χ0v) is 24.2. The molecule has 0 radical (unpaired) electrons. The normalized spacial score (nSPS) is 12.8. The molecule has 0 saturated carbocycles. The molecule has 7 nitrogen and oxygen atoms in total. The van der Waals surface area contributed by atoms with E-state index in [1.54, 1.807) is 12.1 Å². The monoisotopic (exact) mass is 549 g/mol. The van der Waals surface area contributed by atoms with E-state index in [-0.39, 0.29) is 18.5 Å². The van der Waals surface area contributed by atoms with Crippen molar-refractivity contribution in [2.45, 2.75) is 59.2 Å². The van der Waals surface area contributed by atoms with Crippen LogP contribution in [0.3, 0.4) is 0 Å². The molecule has 0 aliphatic heterocycles. The van der Waals surface area contributed by atoms with Gasteiger partial charge >= 0.3 is 0 Å². The van der Waals surface area contributed by atoms with Gasteiger partial charge < -0.3 is 10.2 Å². The first-order valence-corrected chi connectivity index (χ1v) is 15.1. The molecule has 208 valence electrons. The summed E-state index contributed by atoms with van der Waals surface area (Å²) in [6.45, 7) is 7.49. The molecule has 3 aromatic carbocycles. The lowest BCUT2D eigenvalue weighted by Crippen LogP contribution is -2.54. The highest BCUT2D eigenvalue weighted by Gasteiger charge is 2.33. The van der Waals surface area contributed by atoms with E-state index in [2.05, 4.69) is 5.32 Å². The number of amides is 2. The number of aryl methyl sites for hydroxylation is 2. The number of hydrogen-bond donors (Lipinski definition) is 1. The number of rotatable bonds is 12. The molecule has 3 rings (SSSR count). The van der Waals surface area contributed by atoms with Gasteiger partial charge in [0.05, 0.1) is 11.9 Å². The van der Waals surface area contributed by atoms with Crippen molar-refractivity contribution in [1.82, 2.24) is 10.2 Å². The predicted octanol–water partition coefficient (Wildman–Crippen LogP) is 4.62. The smallest absolute Gasteiger partial charge is 0.244 e. The van der Waals surface area contributed by atoms with E-state index in [4.69, 9.17) is 0 Å². The summed E-state index contributed by atoms with van der Waals surface area (Å²) in [5, 5.41) is 3.04. The zero-order valence-electron chi connectivity index (χ0n) is 23.4. The minimum Gasteiger partial charge on any atom is -0.352 e. The highest BCUT2D eigenvalue weighted by atomic mass is 32.2. The third kappa shape index (κ3) is 8.42. The minimum atomic E-state index is -3.79. The fraction of sp³-hybridized carbons (Fsp3) is 0.355. The zero-order chi connectivity index (χ0) is 28.6. The quantitative estimate of drug-likeness (QED) is 0.357. The minimum absolute atomic E-state index is 0.0764. The van der Waals surface area contributed by atoms with Crippen LogP contribution in [0.2, 0.25) is 0 Å². The summed E-state index contributed by atoms with van der Waals surface area (Å²) in [7, 11) is -3.79. The van der Waals surface area contributed by atoms with E-state index < -0.39 is 28.5 Å². The number of carbonyl (C=O) groups excluding carboxylic acids is 2. The molecule has 0 saturated heterocycles. The number of hydrogen-bond acceptors (Lipinski definition) is 4. The summed E-state index contributed by atoms with van der Waals surface area (Å²) < 4.78 is 26.9. The van der Waals surface area contributed by atoms with Gasteiger partial charge in [-0.05, 0) is 61.6 Å². The van der Waals surface area contributed by atoms with Gasteiger partial charge in [-0.25, -0.2) is 8.42 Å². The molecule has 3 aromatic rings. The van der Waals surface area contributed by atoms with Crippen molar-refractivity contribution in [2.75, 3.05) is 17.1 Å². The fourth-order valence-electron chi connectivity index (χ4n) is 4.27. The lowest BCUT2D eigenvalue weighted by atomic mass is 10.0. The van der Waals surface area contributed by atoms with Crippen LogP contribution in [0.4, 0.5) is 5.69 Å². The number of carbonyl (C=O) groups is 2. The summed E-state index contributed by atoms with van der Waals surface area (Å²) in [4.78, 5) is 29.2. The van der Waals surface area contributed by atoms with Crippen LogP contribution in [-0.2, 0) is 32.6 Å². The largest absolute Gasteiger partial charge is 0.352 e. The molecule has 8 heteroatoms. The summed E-state index contributed by atoms with van der Waals surface area (Å²) in [5.41, 5.74) is 4.11. The third-order valence-electron chi connectivity index (χ3n) is 6.93. The van der Waals surface area contributed by atoms with Crippen molar-refractivity contribution in [3.05, 3.63) is 101 Å². The molecule has 0 fully saturated rings. The Bertz CT molecular complexity index is 1360. The van der Waals surface area contributed by atoms with Crippen molar-refractivity contribution in [3.8, 4) is 0 Å². The first-order valence-electron chi connectivity index (χ1n) is 13.2. The van der Waals surface area contributed by atoms with Crippen LogP contribution in [0.5, 0.6) is 0 Å². The Morgan fingerprint density at radius 3 is 2.00 bits per heavy atom. The Labute approximate surface area is 232 Å². The molecule has 0 aliphatic carbocycles. The lowest BCUT2D eigenvalue weighted by Gasteiger charge is -2.34. The van der Waals surface area contributed by atoms with Gasteiger partial charge in [0.1, 0.15) is 12.6 Å². The molecule has 0 unspecified atom stereocenters. The topological polar surface area (TPSA) is 86.8 Å². The molecule has 2 amide bonds. The summed E-state index contributed by atoms with van der Waals surface area (Å²) in [6.07, 6.45) is 2.13. The second kappa shape index (κ2) is 13.4. The third-order valence-corrected chi connectivity index (χ3v) is 8.07. The predicted molar refractivity (Wildman–Crippen MR) is 157 cm³/mol. The van der Waals surface area contributed by atoms with Crippen molar-refractivity contribution >= 4 is 27.5 Å². The first-order chi connectivity index (χ1) is 18.5. The van der Waals surface area contributed by atoms with Gasteiger partial charge in [-0.3, -0.25) is 13.9 Å². The maximum absolute atomic E-state index is 14.1. The van der Waals surface area contributed by atoms with E-state index in [9.17, 15) is 18.0 Å². The summed E-state index contributed by atoms with van der Waals surface area (Å²) in [5.74, 6) is -0.725. The molecule has 2 atom stereocenters. The van der Waals surface area contributed by atoms with Gasteiger partial charge in [0.25, 0.3) is 0 Å². The molecule has 1 N–H and O–H groups in total. The van der Waals surface area contributed by atoms with E-state index >= 15 is 0 Å². The Morgan fingerprint density at radius 1 is 0.872 bits per heavy atom. The maximum atomic E-state index is 14.1. The molecule has 0 spiro atoms. The average molecular weight is 550 g/mol. The van der Waals surface area contributed by atoms with Gasteiger partial charge in [0.2, 0.25) is 21.8 Å². The van der Waals surface area contributed by atoms with Crippen LogP contribution in [0, 0.1) is 13.8 Å². The molecule has 0 heterocycles. The van der Waals surface area contributed by atoms with E-state index in [1.807, 2.05) is 94.4 Å². The van der Waals surface area contributed by atoms with E-state index in [1.165, 1.54) is 4.90 Å². The van der Waals surface area contributed by atoms with Crippen LogP contribution in [0.15, 0.2) is 78.9 Å². The van der Waals surface area contributed by atoms with Gasteiger partial charge in [-0.2, -0.15) is 0 Å². The van der Waals surface area contributed by atoms with Crippen LogP contribution in [0.1, 0.15) is 42.5 Å². The Kier molecular flexibility index (Phi) is 10.3. The lowest BCUT2D eigenvalue weighted by molar-refractivity contribution is -0.140. The Balaban J connectivity index is 2.05. The second-order valence-corrected chi connectivity index (χ2v) is 12.0. The highest BCUT2D eigenvalue weighted by molar-refractivity contribution is 7.92. The standard InChI is InChI=1S/C31H39N3O4S/c1-6-25(4)32-31(36)29(20-26-13-9-7-10-14-26)33(21-27-15-11-8-12-16-27)30(35)22-34(39(5,37)38)28-18-17-23(2)24(3)19-28/h7-19,25,29H,6,20-22H2,1-5H3,(H,32,36)/t25-,29-/m0/s1. The van der Waals surface area contributed by atoms with Gasteiger partial charge in [-0.15, -0.1) is 0 Å². The van der Waals surface area contributed by atoms with Crippen molar-refractivity contribution in [1.29, 1.82) is 0 Å². The van der Waals surface area contributed by atoms with Crippen LogP contribution < -0.4 is 9.62 Å². The van der Waals surface area contributed by atoms with Crippen molar-refractivity contribution < 1.29 is 18.0 Å². The molecule has 0 aliphatic rings. The molecule has 39 heavy (non-hydrogen) atoms. The van der Waals surface area contributed by atoms with Gasteiger partial charge in [0, 0.05) is 19.0 Å². The van der Waals surface area contributed by atoms with Gasteiger partial charge in [0.15, 0.2) is 0 Å². The number of benzene rings is 3. The molecular formula is C31H39N3O4S. The first kappa shape index (κ1) is 29.9. The van der Waals surface area contributed by atoms with Crippen molar-refractivity contribution in [3.63, 3.8) is 0 Å². The SMILES string of the molecule is CC[C@H](C)NC(=O)[C@H](Cc1ccccc1)N(Cc1ccccc1)C(=O)CN(c1ccc(C)c(C)c1)S(C)(=O)=O. The summed E-state index contributed by atoms with van der Waals surface area (Å²) in [6, 6.07) is 23.4. The second-order valence-electron chi connectivity index (χ2n) is 10.1. The van der Waals surface area contributed by atoms with E-state index in [0.29, 0.717) is 12.1 Å². The van der Waals surface area contributed by atoms with Crippen LogP contribution in [-0.4, -0.2) is 50.0 Å². The molecular weight excluding hydrogens is 510 g/mol. The van der Waals surface area contributed by atoms with Gasteiger partial charge in [-0.1, -0.05) is 73.7 Å². The number of sulfonamides is 1. The number of anilines is 1. The number of nitrogens with zero attached hydrogens (tertiary/aromatic N) is 2. The Morgan fingerprint density at radius 2 is 1.46 bits per heavy atom. The number of nitrogens with one attached hydrogen (secondary N) is 1. The summed E-state index contributed by atoms with van der Waals surface area (Å²) >= 11 is 0. The fourth-order valence-corrected chi connectivity index (χ4v) is 5.11. The van der Waals surface area contributed by atoms with Crippen molar-refractivity contribution in [2.24, 2.45) is 0 Å². The highest BCUT2D eigenvalue weighted by Crippen LogP contribution is 2.23. The Hall–Kier alpha value is -3.65. The molecule has 0 aromatic heterocycles. The van der Waals surface area contributed by atoms with Crippen LogP contribution in [0.25, 0.3) is 0 Å². The van der Waals surface area contributed by atoms with Crippen LogP contribution >= 0.6 is 0 Å². The maximum Gasteiger partial charge on any atom is 0.244 e. The average Bonchev–Trinajstić information content (AvgIpc) is 2.91. The molecule has 0 bridgehead atoms. The van der Waals surface area contributed by atoms with E-state index in [0.717, 1.165) is 39.2 Å².